The Bertz CT molecular complexity index is 456. The second-order valence-electron chi connectivity index (χ2n) is 5.17. The van der Waals surface area contributed by atoms with Crippen LogP contribution in [0.15, 0.2) is 24.3 Å². The average Bonchev–Trinajstić information content (AvgIpc) is 2.87. The van der Waals surface area contributed by atoms with Gasteiger partial charge in [0.25, 0.3) is 0 Å². The molecule has 1 fully saturated rings. The van der Waals surface area contributed by atoms with Crippen molar-refractivity contribution < 1.29 is 4.79 Å². The van der Waals surface area contributed by atoms with Crippen LogP contribution in [0.25, 0.3) is 0 Å². The molecule has 4 nitrogen and oxygen atoms in total. The van der Waals surface area contributed by atoms with Gasteiger partial charge >= 0.3 is 0 Å². The molecule has 0 aliphatic carbocycles. The second kappa shape index (κ2) is 9.26. The van der Waals surface area contributed by atoms with Crippen molar-refractivity contribution >= 4 is 35.6 Å². The number of carbonyl (C=O) groups excluding carboxylic acids is 1. The van der Waals surface area contributed by atoms with E-state index >= 15 is 0 Å². The first kappa shape index (κ1) is 18.2. The molecule has 0 bridgehead atoms. The van der Waals surface area contributed by atoms with Crippen LogP contribution in [-0.2, 0) is 4.79 Å². The van der Waals surface area contributed by atoms with Crippen LogP contribution in [0.2, 0.25) is 5.02 Å². The largest absolute Gasteiger partial charge is 0.325 e. The first-order chi connectivity index (χ1) is 9.70. The number of nitrogens with zero attached hydrogens (tertiary/aromatic N) is 1. The summed E-state index contributed by atoms with van der Waals surface area (Å²) in [5, 5.41) is 6.66. The molecular formula is C15H23Cl2N3O. The Balaban J connectivity index is 0.00000220. The van der Waals surface area contributed by atoms with E-state index in [2.05, 4.69) is 15.5 Å². The fourth-order valence-electron chi connectivity index (χ4n) is 2.68. The van der Waals surface area contributed by atoms with E-state index in [1.165, 1.54) is 12.8 Å². The molecule has 2 N–H and O–H groups in total. The summed E-state index contributed by atoms with van der Waals surface area (Å²) in [6.07, 6.45) is 2.94. The van der Waals surface area contributed by atoms with Crippen molar-refractivity contribution in [2.24, 2.45) is 0 Å². The first-order valence-corrected chi connectivity index (χ1v) is 7.51. The van der Waals surface area contributed by atoms with E-state index in [-0.39, 0.29) is 18.3 Å². The number of halogens is 2. The Labute approximate surface area is 137 Å². The van der Waals surface area contributed by atoms with Crippen LogP contribution in [0.5, 0.6) is 0 Å². The van der Waals surface area contributed by atoms with Gasteiger partial charge in [0.1, 0.15) is 0 Å². The monoisotopic (exact) mass is 331 g/mol. The van der Waals surface area contributed by atoms with E-state index < -0.39 is 0 Å². The van der Waals surface area contributed by atoms with Gasteiger partial charge < -0.3 is 10.6 Å². The van der Waals surface area contributed by atoms with Gasteiger partial charge in [-0.25, -0.2) is 0 Å². The topological polar surface area (TPSA) is 44.4 Å². The number of hydrogen-bond acceptors (Lipinski definition) is 3. The van der Waals surface area contributed by atoms with Crippen LogP contribution >= 0.6 is 24.0 Å². The van der Waals surface area contributed by atoms with E-state index in [1.54, 1.807) is 6.07 Å². The number of amides is 1. The van der Waals surface area contributed by atoms with Crippen molar-refractivity contribution in [2.45, 2.75) is 25.3 Å². The number of nitrogens with one attached hydrogen (secondary N) is 2. The van der Waals surface area contributed by atoms with E-state index in [0.717, 1.165) is 19.6 Å². The van der Waals surface area contributed by atoms with Crippen LogP contribution in [-0.4, -0.2) is 43.5 Å². The third-order valence-electron chi connectivity index (χ3n) is 3.71. The third-order valence-corrected chi connectivity index (χ3v) is 4.04. The van der Waals surface area contributed by atoms with Gasteiger partial charge in [-0.05, 0) is 38.6 Å². The van der Waals surface area contributed by atoms with Gasteiger partial charge in [-0.3, -0.25) is 9.69 Å². The lowest BCUT2D eigenvalue weighted by Crippen LogP contribution is -2.38. The van der Waals surface area contributed by atoms with Crippen LogP contribution in [0.3, 0.4) is 0 Å². The highest BCUT2D eigenvalue weighted by atomic mass is 35.5. The summed E-state index contributed by atoms with van der Waals surface area (Å²) >= 11 is 6.03. The summed E-state index contributed by atoms with van der Waals surface area (Å²) in [6.45, 7) is 2.89. The predicted molar refractivity (Wildman–Crippen MR) is 90.5 cm³/mol. The molecule has 1 saturated heterocycles. The van der Waals surface area contributed by atoms with Crippen molar-refractivity contribution in [2.75, 3.05) is 32.0 Å². The van der Waals surface area contributed by atoms with E-state index in [9.17, 15) is 4.79 Å². The summed E-state index contributed by atoms with van der Waals surface area (Å²) in [5.74, 6) is 0.0215. The first-order valence-electron chi connectivity index (χ1n) is 7.13. The number of likely N-dealkylation sites (tertiary alicyclic amines) is 1. The minimum Gasteiger partial charge on any atom is -0.325 e. The number of anilines is 1. The fourth-order valence-corrected chi connectivity index (χ4v) is 2.86. The molecule has 0 radical (unpaired) electrons. The van der Waals surface area contributed by atoms with Gasteiger partial charge in [-0.1, -0.05) is 23.7 Å². The Morgan fingerprint density at radius 2 is 2.19 bits per heavy atom. The smallest absolute Gasteiger partial charge is 0.225 e. The van der Waals surface area contributed by atoms with Gasteiger partial charge in [0.2, 0.25) is 5.91 Å². The third kappa shape index (κ3) is 5.47. The summed E-state index contributed by atoms with van der Waals surface area (Å²) < 4.78 is 0. The molecule has 1 aromatic carbocycles. The van der Waals surface area contributed by atoms with E-state index in [1.807, 2.05) is 25.2 Å². The fraction of sp³-hybridized carbons (Fsp3) is 0.533. The van der Waals surface area contributed by atoms with Crippen LogP contribution in [0.4, 0.5) is 5.69 Å². The van der Waals surface area contributed by atoms with Crippen molar-refractivity contribution in [3.63, 3.8) is 0 Å². The Kier molecular flexibility index (Phi) is 8.04. The van der Waals surface area contributed by atoms with Crippen LogP contribution in [0.1, 0.15) is 19.3 Å². The summed E-state index contributed by atoms with van der Waals surface area (Å²) in [6, 6.07) is 7.88. The second-order valence-corrected chi connectivity index (χ2v) is 5.57. The zero-order valence-electron chi connectivity index (χ0n) is 12.3. The maximum absolute atomic E-state index is 12.0. The highest BCUT2D eigenvalue weighted by Gasteiger charge is 2.23. The van der Waals surface area contributed by atoms with Gasteiger partial charge in [0.05, 0.1) is 10.7 Å². The van der Waals surface area contributed by atoms with Crippen molar-refractivity contribution in [3.8, 4) is 0 Å². The molecule has 1 aliphatic rings. The number of likely N-dealkylation sites (N-methyl/N-ethyl adjacent to an activating group) is 1. The highest BCUT2D eigenvalue weighted by Crippen LogP contribution is 2.21. The zero-order valence-corrected chi connectivity index (χ0v) is 13.8. The molecule has 2 rings (SSSR count). The Morgan fingerprint density at radius 1 is 1.43 bits per heavy atom. The minimum atomic E-state index is 0. The number of benzene rings is 1. The predicted octanol–water partition coefficient (Wildman–Crippen LogP) is 2.77. The zero-order chi connectivity index (χ0) is 14.4. The molecule has 21 heavy (non-hydrogen) atoms. The average molecular weight is 332 g/mol. The molecule has 1 heterocycles. The molecule has 0 aromatic heterocycles. The molecule has 0 saturated carbocycles. The normalized spacial score (nSPS) is 18.3. The summed E-state index contributed by atoms with van der Waals surface area (Å²) in [5.41, 5.74) is 0.687. The van der Waals surface area contributed by atoms with Crippen LogP contribution in [0, 0.1) is 0 Å². The lowest BCUT2D eigenvalue weighted by atomic mass is 10.2. The number of para-hydroxylation sites is 1. The molecule has 118 valence electrons. The Morgan fingerprint density at radius 3 is 2.90 bits per heavy atom. The van der Waals surface area contributed by atoms with Gasteiger partial charge in [-0.15, -0.1) is 12.4 Å². The van der Waals surface area contributed by atoms with Crippen molar-refractivity contribution in [3.05, 3.63) is 29.3 Å². The van der Waals surface area contributed by atoms with Gasteiger partial charge in [0, 0.05) is 25.6 Å². The maximum atomic E-state index is 12.0. The molecule has 1 aromatic rings. The molecule has 1 unspecified atom stereocenters. The molecule has 1 amide bonds. The molecule has 6 heteroatoms. The lowest BCUT2D eigenvalue weighted by molar-refractivity contribution is -0.116. The van der Waals surface area contributed by atoms with Crippen molar-refractivity contribution in [1.82, 2.24) is 10.2 Å². The number of rotatable bonds is 6. The molecule has 0 spiro atoms. The quantitative estimate of drug-likeness (QED) is 0.842. The van der Waals surface area contributed by atoms with E-state index in [4.69, 9.17) is 11.6 Å². The Hall–Kier alpha value is -0.810. The maximum Gasteiger partial charge on any atom is 0.225 e. The molecule has 1 atom stereocenters. The van der Waals surface area contributed by atoms with E-state index in [0.29, 0.717) is 23.2 Å². The number of carbonyl (C=O) groups is 1. The van der Waals surface area contributed by atoms with Crippen LogP contribution < -0.4 is 10.6 Å². The standard InChI is InChI=1S/C15H22ClN3O.ClH/c1-17-11-12-5-4-9-19(12)10-8-15(20)18-14-7-3-2-6-13(14)16;/h2-3,6-7,12,17H,4-5,8-11H2,1H3,(H,18,20);1H. The summed E-state index contributed by atoms with van der Waals surface area (Å²) in [7, 11) is 1.97. The highest BCUT2D eigenvalue weighted by molar-refractivity contribution is 6.33. The lowest BCUT2D eigenvalue weighted by Gasteiger charge is -2.23. The SMILES string of the molecule is CNCC1CCCN1CCC(=O)Nc1ccccc1Cl.Cl. The number of hydrogen-bond donors (Lipinski definition) is 2. The molecule has 1 aliphatic heterocycles. The molecular weight excluding hydrogens is 309 g/mol. The van der Waals surface area contributed by atoms with Gasteiger partial charge in [0.15, 0.2) is 0 Å². The minimum absolute atomic E-state index is 0. The van der Waals surface area contributed by atoms with Crippen molar-refractivity contribution in [1.29, 1.82) is 0 Å². The summed E-state index contributed by atoms with van der Waals surface area (Å²) in [4.78, 5) is 14.4. The van der Waals surface area contributed by atoms with Gasteiger partial charge in [-0.2, -0.15) is 0 Å².